The highest BCUT2D eigenvalue weighted by molar-refractivity contribution is 7.92. The predicted molar refractivity (Wildman–Crippen MR) is 98.4 cm³/mol. The number of benzene rings is 2. The number of halogens is 1. The topological polar surface area (TPSA) is 72.2 Å². The molecule has 7 heteroatoms. The maximum Gasteiger partial charge on any atom is 0.261 e. The van der Waals surface area contributed by atoms with Crippen LogP contribution in [0.25, 0.3) is 11.1 Å². The van der Waals surface area contributed by atoms with Gasteiger partial charge in [0.1, 0.15) is 5.76 Å². The van der Waals surface area contributed by atoms with E-state index >= 15 is 0 Å². The lowest BCUT2D eigenvalue weighted by atomic mass is 10.0. The number of aryl methyl sites for hydroxylation is 3. The van der Waals surface area contributed by atoms with Crippen LogP contribution in [0.15, 0.2) is 51.9 Å². The number of hydrogen-bond acceptors (Lipinski definition) is 4. The zero-order valence-corrected chi connectivity index (χ0v) is 15.6. The Morgan fingerprint density at radius 2 is 1.72 bits per heavy atom. The molecule has 0 aliphatic carbocycles. The van der Waals surface area contributed by atoms with Crippen LogP contribution < -0.4 is 4.72 Å². The summed E-state index contributed by atoms with van der Waals surface area (Å²) in [6, 6.07) is 11.6. The van der Waals surface area contributed by atoms with Gasteiger partial charge in [0, 0.05) is 10.6 Å². The number of nitrogens with zero attached hydrogens (tertiary/aromatic N) is 1. The fourth-order valence-electron chi connectivity index (χ4n) is 2.60. The summed E-state index contributed by atoms with van der Waals surface area (Å²) in [6.45, 7) is 5.52. The molecule has 0 aliphatic rings. The van der Waals surface area contributed by atoms with Crippen molar-refractivity contribution in [2.75, 3.05) is 4.72 Å². The predicted octanol–water partition coefficient (Wildman–Crippen LogP) is 4.72. The number of nitrogens with one attached hydrogen (secondary N) is 1. The van der Waals surface area contributed by atoms with Gasteiger partial charge in [-0.25, -0.2) is 8.42 Å². The lowest BCUT2D eigenvalue weighted by Gasteiger charge is -2.12. The lowest BCUT2D eigenvalue weighted by molar-refractivity contribution is 0.393. The average molecular weight is 377 g/mol. The van der Waals surface area contributed by atoms with Crippen LogP contribution >= 0.6 is 11.6 Å². The van der Waals surface area contributed by atoms with E-state index in [2.05, 4.69) is 9.88 Å². The largest absolute Gasteiger partial charge is 0.361 e. The fourth-order valence-corrected chi connectivity index (χ4v) is 3.85. The number of rotatable bonds is 4. The Hall–Kier alpha value is -2.31. The third-order valence-corrected chi connectivity index (χ3v) is 5.56. The third kappa shape index (κ3) is 3.55. The summed E-state index contributed by atoms with van der Waals surface area (Å²) in [7, 11) is -3.71. The van der Waals surface area contributed by atoms with Gasteiger partial charge in [0.05, 0.1) is 16.3 Å². The minimum atomic E-state index is -3.71. The van der Waals surface area contributed by atoms with Gasteiger partial charge in [-0.1, -0.05) is 28.9 Å². The van der Waals surface area contributed by atoms with E-state index in [-0.39, 0.29) is 4.90 Å². The molecule has 1 N–H and O–H groups in total. The van der Waals surface area contributed by atoms with Crippen LogP contribution in [-0.2, 0) is 10.0 Å². The molecule has 0 spiro atoms. The van der Waals surface area contributed by atoms with Crippen LogP contribution in [0.1, 0.15) is 17.0 Å². The smallest absolute Gasteiger partial charge is 0.261 e. The summed E-state index contributed by atoms with van der Waals surface area (Å²) in [6.07, 6.45) is 0. The first-order valence-corrected chi connectivity index (χ1v) is 9.46. The molecule has 25 heavy (non-hydrogen) atoms. The van der Waals surface area contributed by atoms with Crippen molar-refractivity contribution in [3.63, 3.8) is 0 Å². The molecule has 0 bridgehead atoms. The fraction of sp³-hybridized carbons (Fsp3) is 0.167. The van der Waals surface area contributed by atoms with E-state index in [0.717, 1.165) is 22.4 Å². The Labute approximate surface area is 151 Å². The molecular formula is C18H17ClN2O3S. The highest BCUT2D eigenvalue weighted by Crippen LogP contribution is 2.31. The van der Waals surface area contributed by atoms with Gasteiger partial charge in [-0.2, -0.15) is 0 Å². The number of hydrogen-bond donors (Lipinski definition) is 1. The van der Waals surface area contributed by atoms with Gasteiger partial charge in [0.25, 0.3) is 10.0 Å². The van der Waals surface area contributed by atoms with E-state index in [1.54, 1.807) is 18.2 Å². The van der Waals surface area contributed by atoms with Gasteiger partial charge in [0.2, 0.25) is 0 Å². The Bertz CT molecular complexity index is 1010. The first kappa shape index (κ1) is 17.5. The van der Waals surface area contributed by atoms with Crippen LogP contribution in [-0.4, -0.2) is 13.6 Å². The van der Waals surface area contributed by atoms with Gasteiger partial charge >= 0.3 is 0 Å². The summed E-state index contributed by atoms with van der Waals surface area (Å²) in [5, 5.41) is 4.43. The number of aromatic nitrogens is 1. The quantitative estimate of drug-likeness (QED) is 0.715. The van der Waals surface area contributed by atoms with Crippen molar-refractivity contribution in [1.29, 1.82) is 0 Å². The van der Waals surface area contributed by atoms with E-state index in [9.17, 15) is 8.42 Å². The Morgan fingerprint density at radius 3 is 2.32 bits per heavy atom. The Balaban J connectivity index is 2.00. The van der Waals surface area contributed by atoms with Crippen molar-refractivity contribution in [3.05, 3.63) is 64.5 Å². The molecular weight excluding hydrogens is 360 g/mol. The molecule has 2 aromatic carbocycles. The van der Waals surface area contributed by atoms with Crippen LogP contribution in [0.3, 0.4) is 0 Å². The summed E-state index contributed by atoms with van der Waals surface area (Å²) < 4.78 is 33.1. The number of sulfonamides is 1. The van der Waals surface area contributed by atoms with E-state index in [1.165, 1.54) is 12.1 Å². The monoisotopic (exact) mass is 376 g/mol. The maximum absolute atomic E-state index is 12.6. The molecule has 0 saturated carbocycles. The molecule has 3 aromatic rings. The molecule has 130 valence electrons. The van der Waals surface area contributed by atoms with Crippen LogP contribution in [0.5, 0.6) is 0 Å². The van der Waals surface area contributed by atoms with Gasteiger partial charge < -0.3 is 4.52 Å². The zero-order chi connectivity index (χ0) is 18.2. The standard InChI is InChI=1S/C18H17ClN2O3S/c1-11-4-5-14(18-12(2)20-24-13(18)3)10-17(11)21-25(22,23)16-8-6-15(19)7-9-16/h4-10,21H,1-3H3. The van der Waals surface area contributed by atoms with Crippen molar-refractivity contribution in [2.45, 2.75) is 25.7 Å². The summed E-state index contributed by atoms with van der Waals surface area (Å²) >= 11 is 5.82. The van der Waals surface area contributed by atoms with E-state index in [0.29, 0.717) is 16.5 Å². The second-order valence-corrected chi connectivity index (χ2v) is 7.91. The highest BCUT2D eigenvalue weighted by Gasteiger charge is 2.17. The van der Waals surface area contributed by atoms with Crippen LogP contribution in [0, 0.1) is 20.8 Å². The average Bonchev–Trinajstić information content (AvgIpc) is 2.89. The minimum absolute atomic E-state index is 0.152. The lowest BCUT2D eigenvalue weighted by Crippen LogP contribution is -2.13. The molecule has 0 unspecified atom stereocenters. The Kier molecular flexibility index (Phi) is 4.58. The molecule has 0 saturated heterocycles. The van der Waals surface area contributed by atoms with E-state index < -0.39 is 10.0 Å². The third-order valence-electron chi connectivity index (χ3n) is 3.93. The minimum Gasteiger partial charge on any atom is -0.361 e. The molecule has 0 aliphatic heterocycles. The molecule has 1 aromatic heterocycles. The molecule has 3 rings (SSSR count). The second-order valence-electron chi connectivity index (χ2n) is 5.79. The zero-order valence-electron chi connectivity index (χ0n) is 14.0. The van der Waals surface area contributed by atoms with E-state index in [4.69, 9.17) is 16.1 Å². The first-order chi connectivity index (χ1) is 11.8. The maximum atomic E-state index is 12.6. The molecule has 0 atom stereocenters. The molecule has 0 amide bonds. The highest BCUT2D eigenvalue weighted by atomic mass is 35.5. The normalized spacial score (nSPS) is 11.5. The van der Waals surface area contributed by atoms with Crippen LogP contribution in [0.2, 0.25) is 5.02 Å². The summed E-state index contributed by atoms with van der Waals surface area (Å²) in [5.74, 6) is 0.688. The second kappa shape index (κ2) is 6.54. The van der Waals surface area contributed by atoms with Crippen molar-refractivity contribution in [1.82, 2.24) is 5.16 Å². The number of anilines is 1. The van der Waals surface area contributed by atoms with Gasteiger partial charge in [-0.05, 0) is 62.2 Å². The molecule has 1 heterocycles. The Morgan fingerprint density at radius 1 is 1.04 bits per heavy atom. The first-order valence-electron chi connectivity index (χ1n) is 7.60. The van der Waals surface area contributed by atoms with Crippen molar-refractivity contribution < 1.29 is 12.9 Å². The van der Waals surface area contributed by atoms with Crippen molar-refractivity contribution in [2.24, 2.45) is 0 Å². The van der Waals surface area contributed by atoms with Gasteiger partial charge in [-0.15, -0.1) is 0 Å². The van der Waals surface area contributed by atoms with Crippen LogP contribution in [0.4, 0.5) is 5.69 Å². The molecule has 5 nitrogen and oxygen atoms in total. The molecule has 0 fully saturated rings. The van der Waals surface area contributed by atoms with E-state index in [1.807, 2.05) is 32.9 Å². The van der Waals surface area contributed by atoms with Crippen molar-refractivity contribution in [3.8, 4) is 11.1 Å². The van der Waals surface area contributed by atoms with Crippen molar-refractivity contribution >= 4 is 27.3 Å². The summed E-state index contributed by atoms with van der Waals surface area (Å²) in [4.78, 5) is 0.152. The summed E-state index contributed by atoms with van der Waals surface area (Å²) in [5.41, 5.74) is 3.79. The van der Waals surface area contributed by atoms with Gasteiger partial charge in [0.15, 0.2) is 0 Å². The molecule has 0 radical (unpaired) electrons. The SMILES string of the molecule is Cc1ccc(-c2c(C)noc2C)cc1NS(=O)(=O)c1ccc(Cl)cc1. The van der Waals surface area contributed by atoms with Gasteiger partial charge in [-0.3, -0.25) is 4.72 Å².